The number of hydrogen-bond acceptors (Lipinski definition) is 2. The molecular formula is C17H19NO2. The maximum Gasteiger partial charge on any atom is 0.220 e. The molecule has 0 amide bonds. The fourth-order valence-corrected chi connectivity index (χ4v) is 1.92. The summed E-state index contributed by atoms with van der Waals surface area (Å²) in [6, 6.07) is 15.1. The molecule has 2 aromatic rings. The van der Waals surface area contributed by atoms with E-state index in [0.29, 0.717) is 17.4 Å². The van der Waals surface area contributed by atoms with Crippen LogP contribution in [0.1, 0.15) is 30.9 Å². The zero-order valence-electron chi connectivity index (χ0n) is 12.0. The third-order valence-corrected chi connectivity index (χ3v) is 3.18. The first-order valence-corrected chi connectivity index (χ1v) is 6.65. The fraction of sp³-hybridized carbons (Fsp3) is 0.235. The molecule has 0 aliphatic carbocycles. The van der Waals surface area contributed by atoms with Crippen molar-refractivity contribution in [3.63, 3.8) is 0 Å². The van der Waals surface area contributed by atoms with Crippen LogP contribution < -0.4 is 4.74 Å². The summed E-state index contributed by atoms with van der Waals surface area (Å²) in [4.78, 5) is 0. The van der Waals surface area contributed by atoms with Crippen molar-refractivity contribution < 1.29 is 9.48 Å². The average molecular weight is 269 g/mol. The number of hydrogen-bond donors (Lipinski definition) is 0. The summed E-state index contributed by atoms with van der Waals surface area (Å²) in [6.07, 6.45) is 1.57. The van der Waals surface area contributed by atoms with Crippen LogP contribution in [0.5, 0.6) is 5.75 Å². The molecular weight excluding hydrogens is 250 g/mol. The predicted octanol–water partition coefficient (Wildman–Crippen LogP) is 4.08. The van der Waals surface area contributed by atoms with Crippen molar-refractivity contribution in [2.45, 2.75) is 19.8 Å². The number of methoxy groups -OCH3 is 1. The lowest BCUT2D eigenvalue weighted by Crippen LogP contribution is -1.99. The monoisotopic (exact) mass is 269 g/mol. The van der Waals surface area contributed by atoms with Gasteiger partial charge < -0.3 is 9.94 Å². The molecule has 0 radical (unpaired) electrons. The van der Waals surface area contributed by atoms with Gasteiger partial charge in [-0.05, 0) is 29.7 Å². The van der Waals surface area contributed by atoms with Gasteiger partial charge in [-0.25, -0.2) is 0 Å². The highest BCUT2D eigenvalue weighted by atomic mass is 16.5. The Labute approximate surface area is 119 Å². The molecule has 20 heavy (non-hydrogen) atoms. The highest BCUT2D eigenvalue weighted by Gasteiger charge is 2.04. The van der Waals surface area contributed by atoms with Crippen LogP contribution in [0.15, 0.2) is 48.5 Å². The van der Waals surface area contributed by atoms with Crippen molar-refractivity contribution >= 4 is 11.9 Å². The van der Waals surface area contributed by atoms with Crippen LogP contribution in [-0.4, -0.2) is 18.1 Å². The summed E-state index contributed by atoms with van der Waals surface area (Å²) in [7, 11) is 1.59. The Morgan fingerprint density at radius 2 is 1.80 bits per heavy atom. The normalized spacial score (nSPS) is 11.7. The smallest absolute Gasteiger partial charge is 0.220 e. The van der Waals surface area contributed by atoms with Gasteiger partial charge in [-0.3, -0.25) is 0 Å². The second kappa shape index (κ2) is 6.24. The number of benzene rings is 2. The van der Waals surface area contributed by atoms with Gasteiger partial charge in [0.25, 0.3) is 0 Å². The number of rotatable bonds is 4. The average Bonchev–Trinajstić information content (AvgIpc) is 2.47. The molecule has 0 aliphatic rings. The SMILES string of the molecule is COc1cccc(/[N+]([O-])=C/c2ccc(C(C)C)cc2)c1. The Kier molecular flexibility index (Phi) is 4.41. The van der Waals surface area contributed by atoms with Crippen LogP contribution in [0.2, 0.25) is 0 Å². The predicted molar refractivity (Wildman–Crippen MR) is 82.0 cm³/mol. The van der Waals surface area contributed by atoms with Gasteiger partial charge in [0.15, 0.2) is 6.21 Å². The Bertz CT molecular complexity index is 601. The van der Waals surface area contributed by atoms with Crippen LogP contribution in [0, 0.1) is 5.21 Å². The molecule has 0 unspecified atom stereocenters. The zero-order chi connectivity index (χ0) is 14.5. The lowest BCUT2D eigenvalue weighted by molar-refractivity contribution is -0.354. The summed E-state index contributed by atoms with van der Waals surface area (Å²) in [5.74, 6) is 1.16. The van der Waals surface area contributed by atoms with Crippen molar-refractivity contribution in [1.82, 2.24) is 0 Å². The first kappa shape index (κ1) is 14.1. The van der Waals surface area contributed by atoms with Crippen molar-refractivity contribution in [2.24, 2.45) is 0 Å². The zero-order valence-corrected chi connectivity index (χ0v) is 12.0. The first-order valence-electron chi connectivity index (χ1n) is 6.65. The maximum absolute atomic E-state index is 12.1. The van der Waals surface area contributed by atoms with Crippen LogP contribution in [-0.2, 0) is 0 Å². The van der Waals surface area contributed by atoms with Crippen LogP contribution >= 0.6 is 0 Å². The summed E-state index contributed by atoms with van der Waals surface area (Å²) < 4.78 is 5.97. The van der Waals surface area contributed by atoms with Gasteiger partial charge in [-0.1, -0.05) is 32.0 Å². The Balaban J connectivity index is 2.24. The molecule has 2 aromatic carbocycles. The van der Waals surface area contributed by atoms with E-state index in [-0.39, 0.29) is 0 Å². The van der Waals surface area contributed by atoms with E-state index >= 15 is 0 Å². The van der Waals surface area contributed by atoms with Gasteiger partial charge >= 0.3 is 0 Å². The van der Waals surface area contributed by atoms with E-state index < -0.39 is 0 Å². The van der Waals surface area contributed by atoms with Crippen molar-refractivity contribution in [3.05, 3.63) is 64.9 Å². The van der Waals surface area contributed by atoms with E-state index in [1.807, 2.05) is 18.2 Å². The summed E-state index contributed by atoms with van der Waals surface area (Å²) >= 11 is 0. The molecule has 0 saturated carbocycles. The number of nitrogens with zero attached hydrogens (tertiary/aromatic N) is 1. The molecule has 0 atom stereocenters. The second-order valence-electron chi connectivity index (χ2n) is 4.98. The van der Waals surface area contributed by atoms with Gasteiger partial charge in [-0.2, -0.15) is 4.74 Å². The van der Waals surface area contributed by atoms with Crippen LogP contribution in [0.4, 0.5) is 5.69 Å². The molecule has 3 heteroatoms. The molecule has 0 aliphatic heterocycles. The summed E-state index contributed by atoms with van der Waals surface area (Å²) in [6.45, 7) is 4.30. The molecule has 0 N–H and O–H groups in total. The van der Waals surface area contributed by atoms with E-state index in [0.717, 1.165) is 10.3 Å². The molecule has 0 heterocycles. The van der Waals surface area contributed by atoms with Gasteiger partial charge in [-0.15, -0.1) is 0 Å². The highest BCUT2D eigenvalue weighted by molar-refractivity contribution is 5.76. The standard InChI is InChI=1S/C17H19NO2/c1-13(2)15-9-7-14(8-10-15)12-18(19)16-5-4-6-17(11-16)20-3/h4-13H,1-3H3/b18-12-. The Morgan fingerprint density at radius 1 is 1.10 bits per heavy atom. The van der Waals surface area contributed by atoms with Gasteiger partial charge in [0.05, 0.1) is 13.2 Å². The molecule has 0 saturated heterocycles. The molecule has 0 spiro atoms. The lowest BCUT2D eigenvalue weighted by Gasteiger charge is -2.06. The van der Waals surface area contributed by atoms with Gasteiger partial charge in [0.2, 0.25) is 5.69 Å². The van der Waals surface area contributed by atoms with E-state index in [4.69, 9.17) is 4.74 Å². The van der Waals surface area contributed by atoms with E-state index in [1.165, 1.54) is 5.56 Å². The Hall–Kier alpha value is -2.29. The highest BCUT2D eigenvalue weighted by Crippen LogP contribution is 2.19. The van der Waals surface area contributed by atoms with Gasteiger partial charge in [0, 0.05) is 11.6 Å². The minimum Gasteiger partial charge on any atom is -0.618 e. The number of ether oxygens (including phenoxy) is 1. The molecule has 104 valence electrons. The Morgan fingerprint density at radius 3 is 2.40 bits per heavy atom. The van der Waals surface area contributed by atoms with E-state index in [9.17, 15) is 5.21 Å². The molecule has 0 bridgehead atoms. The van der Waals surface area contributed by atoms with E-state index in [2.05, 4.69) is 26.0 Å². The van der Waals surface area contributed by atoms with Crippen molar-refractivity contribution in [2.75, 3.05) is 7.11 Å². The molecule has 0 fully saturated rings. The summed E-state index contributed by atoms with van der Waals surface area (Å²) in [5.41, 5.74) is 2.70. The fourth-order valence-electron chi connectivity index (χ4n) is 1.92. The maximum atomic E-state index is 12.1. The largest absolute Gasteiger partial charge is 0.618 e. The lowest BCUT2D eigenvalue weighted by atomic mass is 10.0. The third kappa shape index (κ3) is 3.38. The van der Waals surface area contributed by atoms with E-state index in [1.54, 1.807) is 31.5 Å². The van der Waals surface area contributed by atoms with Crippen molar-refractivity contribution in [3.8, 4) is 5.75 Å². The quantitative estimate of drug-likeness (QED) is 0.363. The minimum atomic E-state index is 0.491. The second-order valence-corrected chi connectivity index (χ2v) is 4.98. The van der Waals surface area contributed by atoms with Crippen LogP contribution in [0.3, 0.4) is 0 Å². The van der Waals surface area contributed by atoms with Crippen LogP contribution in [0.25, 0.3) is 0 Å². The first-order chi connectivity index (χ1) is 9.60. The molecule has 2 rings (SSSR count). The minimum absolute atomic E-state index is 0.491. The molecule has 0 aromatic heterocycles. The summed E-state index contributed by atoms with van der Waals surface area (Å²) in [5, 5.41) is 12.1. The molecule has 3 nitrogen and oxygen atoms in total. The van der Waals surface area contributed by atoms with Crippen molar-refractivity contribution in [1.29, 1.82) is 0 Å². The third-order valence-electron chi connectivity index (χ3n) is 3.18. The van der Waals surface area contributed by atoms with Gasteiger partial charge in [0.1, 0.15) is 5.75 Å². The topological polar surface area (TPSA) is 35.3 Å².